The van der Waals surface area contributed by atoms with E-state index in [9.17, 15) is 8.42 Å². The van der Waals surface area contributed by atoms with Crippen molar-refractivity contribution >= 4 is 10.0 Å². The molecule has 0 unspecified atom stereocenters. The minimum Gasteiger partial charge on any atom is -0.316 e. The van der Waals surface area contributed by atoms with E-state index in [1.165, 1.54) is 0 Å². The first-order valence-corrected chi connectivity index (χ1v) is 7.11. The zero-order chi connectivity index (χ0) is 11.1. The highest BCUT2D eigenvalue weighted by atomic mass is 32.2. The van der Waals surface area contributed by atoms with Crippen LogP contribution in [0.4, 0.5) is 0 Å². The molecule has 0 radical (unpaired) electrons. The molecule has 0 bridgehead atoms. The van der Waals surface area contributed by atoms with E-state index in [1.807, 2.05) is 12.2 Å². The number of rotatable bonds is 6. The van der Waals surface area contributed by atoms with Gasteiger partial charge in [0, 0.05) is 19.6 Å². The summed E-state index contributed by atoms with van der Waals surface area (Å²) in [5.74, 6) is 0.209. The van der Waals surface area contributed by atoms with Gasteiger partial charge < -0.3 is 5.32 Å². The smallest absolute Gasteiger partial charge is 0.215 e. The Kier molecular flexibility index (Phi) is 5.28. The van der Waals surface area contributed by atoms with Crippen molar-refractivity contribution in [3.8, 4) is 0 Å². The summed E-state index contributed by atoms with van der Waals surface area (Å²) in [6.45, 7) is 4.67. The largest absolute Gasteiger partial charge is 0.316 e. The van der Waals surface area contributed by atoms with E-state index in [-0.39, 0.29) is 5.75 Å². The van der Waals surface area contributed by atoms with E-state index in [0.717, 1.165) is 19.4 Å². The fraction of sp³-hybridized carbons (Fsp3) is 0.800. The minimum absolute atomic E-state index is 0.209. The summed E-state index contributed by atoms with van der Waals surface area (Å²) < 4.78 is 25.2. The first kappa shape index (κ1) is 12.7. The van der Waals surface area contributed by atoms with Crippen LogP contribution in [0, 0.1) is 0 Å². The number of nitrogens with zero attached hydrogens (tertiary/aromatic N) is 1. The van der Waals surface area contributed by atoms with Crippen LogP contribution < -0.4 is 5.32 Å². The maximum absolute atomic E-state index is 11.8. The molecule has 0 aromatic carbocycles. The SMILES string of the molecule is CCCNCCS(=O)(=O)N1CC=CCC1. The Hall–Kier alpha value is -0.390. The number of hydrogen-bond acceptors (Lipinski definition) is 3. The number of sulfonamides is 1. The molecule has 1 N–H and O–H groups in total. The van der Waals surface area contributed by atoms with Gasteiger partial charge in [-0.1, -0.05) is 19.1 Å². The minimum atomic E-state index is -3.04. The van der Waals surface area contributed by atoms with E-state index in [0.29, 0.717) is 19.6 Å². The summed E-state index contributed by atoms with van der Waals surface area (Å²) in [7, 11) is -3.04. The van der Waals surface area contributed by atoms with Crippen LogP contribution in [-0.4, -0.2) is 44.7 Å². The van der Waals surface area contributed by atoms with Gasteiger partial charge in [0.2, 0.25) is 10.0 Å². The third-order valence-electron chi connectivity index (χ3n) is 2.38. The second-order valence-electron chi connectivity index (χ2n) is 3.68. The highest BCUT2D eigenvalue weighted by Gasteiger charge is 2.20. The summed E-state index contributed by atoms with van der Waals surface area (Å²) in [6.07, 6.45) is 5.82. The monoisotopic (exact) mass is 232 g/mol. The predicted octanol–water partition coefficient (Wildman–Crippen LogP) is 0.578. The van der Waals surface area contributed by atoms with Crippen LogP contribution in [-0.2, 0) is 10.0 Å². The lowest BCUT2D eigenvalue weighted by Crippen LogP contribution is -2.38. The van der Waals surface area contributed by atoms with Crippen LogP contribution in [0.1, 0.15) is 19.8 Å². The van der Waals surface area contributed by atoms with Gasteiger partial charge in [0.25, 0.3) is 0 Å². The number of nitrogens with one attached hydrogen (secondary N) is 1. The average molecular weight is 232 g/mol. The van der Waals surface area contributed by atoms with Crippen LogP contribution in [0.25, 0.3) is 0 Å². The van der Waals surface area contributed by atoms with Crippen molar-refractivity contribution in [1.29, 1.82) is 0 Å². The van der Waals surface area contributed by atoms with Crippen molar-refractivity contribution in [1.82, 2.24) is 9.62 Å². The standard InChI is InChI=1S/C10H20N2O2S/c1-2-6-11-7-10-15(13,14)12-8-4-3-5-9-12/h3-4,11H,2,5-10H2,1H3. The van der Waals surface area contributed by atoms with Crippen molar-refractivity contribution in [3.05, 3.63) is 12.2 Å². The molecule has 0 atom stereocenters. The van der Waals surface area contributed by atoms with Gasteiger partial charge in [-0.3, -0.25) is 0 Å². The third kappa shape index (κ3) is 4.32. The molecule has 0 aromatic rings. The maximum atomic E-state index is 11.8. The molecule has 0 saturated heterocycles. The van der Waals surface area contributed by atoms with Crippen LogP contribution in [0.15, 0.2) is 12.2 Å². The van der Waals surface area contributed by atoms with Crippen molar-refractivity contribution in [3.63, 3.8) is 0 Å². The topological polar surface area (TPSA) is 49.4 Å². The molecule has 0 aromatic heterocycles. The van der Waals surface area contributed by atoms with Gasteiger partial charge in [-0.15, -0.1) is 0 Å². The molecule has 0 aliphatic carbocycles. The highest BCUT2D eigenvalue weighted by Crippen LogP contribution is 2.07. The first-order valence-electron chi connectivity index (χ1n) is 5.50. The number of hydrogen-bond donors (Lipinski definition) is 1. The third-order valence-corrected chi connectivity index (χ3v) is 4.22. The summed E-state index contributed by atoms with van der Waals surface area (Å²) in [6, 6.07) is 0. The lowest BCUT2D eigenvalue weighted by molar-refractivity contribution is 0.436. The molecule has 15 heavy (non-hydrogen) atoms. The summed E-state index contributed by atoms with van der Waals surface area (Å²) >= 11 is 0. The highest BCUT2D eigenvalue weighted by molar-refractivity contribution is 7.89. The van der Waals surface area contributed by atoms with E-state index in [2.05, 4.69) is 12.2 Å². The second kappa shape index (κ2) is 6.25. The Morgan fingerprint density at radius 2 is 2.13 bits per heavy atom. The van der Waals surface area contributed by atoms with Gasteiger partial charge in [0.05, 0.1) is 5.75 Å². The molecule has 0 amide bonds. The van der Waals surface area contributed by atoms with E-state index in [1.54, 1.807) is 4.31 Å². The Morgan fingerprint density at radius 3 is 2.73 bits per heavy atom. The lowest BCUT2D eigenvalue weighted by Gasteiger charge is -2.22. The molecule has 4 nitrogen and oxygen atoms in total. The van der Waals surface area contributed by atoms with Crippen molar-refractivity contribution < 1.29 is 8.42 Å². The van der Waals surface area contributed by atoms with Gasteiger partial charge in [-0.25, -0.2) is 8.42 Å². The molecule has 0 fully saturated rings. The quantitative estimate of drug-likeness (QED) is 0.538. The van der Waals surface area contributed by atoms with Crippen molar-refractivity contribution in [2.45, 2.75) is 19.8 Å². The molecule has 0 spiro atoms. The molecule has 1 rings (SSSR count). The van der Waals surface area contributed by atoms with Gasteiger partial charge in [-0.2, -0.15) is 4.31 Å². The summed E-state index contributed by atoms with van der Waals surface area (Å²) in [5, 5.41) is 3.11. The predicted molar refractivity (Wildman–Crippen MR) is 62.3 cm³/mol. The Labute approximate surface area is 92.4 Å². The van der Waals surface area contributed by atoms with Crippen LogP contribution in [0.3, 0.4) is 0 Å². The fourth-order valence-corrected chi connectivity index (χ4v) is 2.86. The average Bonchev–Trinajstić information content (AvgIpc) is 2.26. The van der Waals surface area contributed by atoms with Gasteiger partial charge in [0.1, 0.15) is 0 Å². The molecule has 1 heterocycles. The first-order chi connectivity index (χ1) is 7.17. The molecule has 5 heteroatoms. The van der Waals surface area contributed by atoms with Crippen molar-refractivity contribution in [2.24, 2.45) is 0 Å². The maximum Gasteiger partial charge on any atom is 0.215 e. The molecule has 1 aliphatic rings. The van der Waals surface area contributed by atoms with Crippen LogP contribution in [0.5, 0.6) is 0 Å². The van der Waals surface area contributed by atoms with E-state index < -0.39 is 10.0 Å². The van der Waals surface area contributed by atoms with Crippen molar-refractivity contribution in [2.75, 3.05) is 31.9 Å². The van der Waals surface area contributed by atoms with Gasteiger partial charge in [0.15, 0.2) is 0 Å². The Bertz CT molecular complexity index is 299. The second-order valence-corrected chi connectivity index (χ2v) is 5.77. The van der Waals surface area contributed by atoms with Gasteiger partial charge in [-0.05, 0) is 19.4 Å². The van der Waals surface area contributed by atoms with E-state index in [4.69, 9.17) is 0 Å². The zero-order valence-corrected chi connectivity index (χ0v) is 10.1. The molecular weight excluding hydrogens is 212 g/mol. The van der Waals surface area contributed by atoms with Crippen LogP contribution in [0.2, 0.25) is 0 Å². The molecule has 1 aliphatic heterocycles. The van der Waals surface area contributed by atoms with E-state index >= 15 is 0 Å². The Balaban J connectivity index is 2.34. The fourth-order valence-electron chi connectivity index (χ4n) is 1.50. The lowest BCUT2D eigenvalue weighted by atomic mass is 10.3. The Morgan fingerprint density at radius 1 is 1.33 bits per heavy atom. The normalized spacial score (nSPS) is 18.2. The van der Waals surface area contributed by atoms with Gasteiger partial charge >= 0.3 is 0 Å². The molecule has 0 saturated carbocycles. The molecular formula is C10H20N2O2S. The summed E-state index contributed by atoms with van der Waals surface area (Å²) in [4.78, 5) is 0. The zero-order valence-electron chi connectivity index (χ0n) is 9.28. The summed E-state index contributed by atoms with van der Waals surface area (Å²) in [5.41, 5.74) is 0. The van der Waals surface area contributed by atoms with Crippen LogP contribution >= 0.6 is 0 Å². The molecule has 88 valence electrons.